The van der Waals surface area contributed by atoms with Gasteiger partial charge in [-0.25, -0.2) is 0 Å². The maximum atomic E-state index is 14.2. The van der Waals surface area contributed by atoms with Crippen molar-refractivity contribution in [3.05, 3.63) is 81.6 Å². The van der Waals surface area contributed by atoms with E-state index in [0.29, 0.717) is 23.5 Å². The van der Waals surface area contributed by atoms with Gasteiger partial charge in [0.25, 0.3) is 5.91 Å². The fourth-order valence-electron chi connectivity index (χ4n) is 5.06. The number of methoxy groups -OCH3 is 2. The normalized spacial score (nSPS) is 20.5. The SMILES string of the molecule is CCOC(=O)C[C@H]1O[C@H](c2cccc(OCC)c2Cl)c2cc(C(F)(F)F)ccc2N(CC2=CCC(OC)C=C2OC)C1=O. The van der Waals surface area contributed by atoms with Gasteiger partial charge in [0.1, 0.15) is 23.7 Å². The first kappa shape index (κ1) is 32.4. The summed E-state index contributed by atoms with van der Waals surface area (Å²) in [5, 5.41) is 0.110. The van der Waals surface area contributed by atoms with Gasteiger partial charge >= 0.3 is 12.1 Å². The van der Waals surface area contributed by atoms with Crippen molar-refractivity contribution in [1.29, 1.82) is 0 Å². The number of amides is 1. The minimum Gasteiger partial charge on any atom is -0.497 e. The smallest absolute Gasteiger partial charge is 0.416 e. The Kier molecular flexibility index (Phi) is 10.4. The number of fused-ring (bicyclic) bond motifs is 1. The van der Waals surface area contributed by atoms with Gasteiger partial charge in [0, 0.05) is 23.8 Å². The summed E-state index contributed by atoms with van der Waals surface area (Å²) in [6.07, 6.45) is -3.99. The zero-order valence-electron chi connectivity index (χ0n) is 24.2. The summed E-state index contributed by atoms with van der Waals surface area (Å²) < 4.78 is 69.9. The Morgan fingerprint density at radius 1 is 1.12 bits per heavy atom. The quantitative estimate of drug-likeness (QED) is 0.283. The van der Waals surface area contributed by atoms with Crippen molar-refractivity contribution in [2.45, 2.75) is 51.2 Å². The second kappa shape index (κ2) is 13.8. The molecule has 0 saturated heterocycles. The third-order valence-corrected chi connectivity index (χ3v) is 7.51. The van der Waals surface area contributed by atoms with E-state index in [9.17, 15) is 22.8 Å². The van der Waals surface area contributed by atoms with E-state index in [1.165, 1.54) is 18.1 Å². The average Bonchev–Trinajstić information content (AvgIpc) is 3.08. The van der Waals surface area contributed by atoms with Crippen LogP contribution in [0.25, 0.3) is 0 Å². The highest BCUT2D eigenvalue weighted by Crippen LogP contribution is 2.45. The molecule has 0 radical (unpaired) electrons. The summed E-state index contributed by atoms with van der Waals surface area (Å²) in [7, 11) is 3.03. The van der Waals surface area contributed by atoms with Gasteiger partial charge < -0.3 is 28.6 Å². The molecule has 2 aromatic rings. The lowest BCUT2D eigenvalue weighted by Gasteiger charge is -2.28. The first-order valence-corrected chi connectivity index (χ1v) is 14.1. The zero-order chi connectivity index (χ0) is 31.3. The van der Waals surface area contributed by atoms with E-state index in [0.717, 1.165) is 12.1 Å². The molecule has 1 aliphatic heterocycles. The predicted octanol–water partition coefficient (Wildman–Crippen LogP) is 6.41. The Morgan fingerprint density at radius 2 is 1.88 bits per heavy atom. The van der Waals surface area contributed by atoms with Crippen LogP contribution in [0.4, 0.5) is 18.9 Å². The fourth-order valence-corrected chi connectivity index (χ4v) is 5.34. The van der Waals surface area contributed by atoms with E-state index in [2.05, 4.69) is 0 Å². The molecular formula is C31H33ClF3NO7. The number of anilines is 1. The van der Waals surface area contributed by atoms with E-state index < -0.39 is 42.2 Å². The van der Waals surface area contributed by atoms with Crippen molar-refractivity contribution < 1.29 is 46.4 Å². The molecule has 4 rings (SSSR count). The van der Waals surface area contributed by atoms with Crippen LogP contribution < -0.4 is 9.64 Å². The number of hydrogen-bond donors (Lipinski definition) is 0. The molecule has 1 heterocycles. The van der Waals surface area contributed by atoms with Crippen molar-refractivity contribution in [2.24, 2.45) is 0 Å². The van der Waals surface area contributed by atoms with Crippen LogP contribution in [0.2, 0.25) is 5.02 Å². The number of alkyl halides is 3. The van der Waals surface area contributed by atoms with Crippen LogP contribution in [0.1, 0.15) is 49.5 Å². The van der Waals surface area contributed by atoms with Crippen LogP contribution in [0.15, 0.2) is 59.9 Å². The monoisotopic (exact) mass is 623 g/mol. The number of carbonyl (C=O) groups is 2. The van der Waals surface area contributed by atoms with Gasteiger partial charge in [-0.15, -0.1) is 0 Å². The molecule has 1 unspecified atom stereocenters. The lowest BCUT2D eigenvalue weighted by molar-refractivity contribution is -0.151. The molecule has 0 aromatic heterocycles. The summed E-state index contributed by atoms with van der Waals surface area (Å²) >= 11 is 6.70. The predicted molar refractivity (Wildman–Crippen MR) is 153 cm³/mol. The summed E-state index contributed by atoms with van der Waals surface area (Å²) in [5.74, 6) is -0.592. The van der Waals surface area contributed by atoms with Crippen LogP contribution in [0.5, 0.6) is 5.75 Å². The summed E-state index contributed by atoms with van der Waals surface area (Å²) in [4.78, 5) is 28.1. The van der Waals surface area contributed by atoms with Gasteiger partial charge in [0.05, 0.1) is 55.7 Å². The van der Waals surface area contributed by atoms with Crippen LogP contribution in [0, 0.1) is 0 Å². The Bertz CT molecular complexity index is 1410. The molecule has 2 aliphatic rings. The molecule has 0 bridgehead atoms. The molecular weight excluding hydrogens is 591 g/mol. The average molecular weight is 624 g/mol. The second-order valence-electron chi connectivity index (χ2n) is 9.78. The first-order chi connectivity index (χ1) is 20.5. The Labute approximate surface area is 252 Å². The number of hydrogen-bond acceptors (Lipinski definition) is 7. The highest BCUT2D eigenvalue weighted by Gasteiger charge is 2.41. The van der Waals surface area contributed by atoms with Crippen molar-refractivity contribution in [3.8, 4) is 5.75 Å². The number of carbonyl (C=O) groups excluding carboxylic acids is 2. The van der Waals surface area contributed by atoms with Crippen molar-refractivity contribution in [2.75, 3.05) is 38.9 Å². The third kappa shape index (κ3) is 7.17. The van der Waals surface area contributed by atoms with Crippen LogP contribution in [-0.4, -0.2) is 58.1 Å². The Hall–Kier alpha value is -3.54. The Balaban J connectivity index is 1.92. The van der Waals surface area contributed by atoms with Crippen LogP contribution >= 0.6 is 11.6 Å². The number of benzene rings is 2. The lowest BCUT2D eigenvalue weighted by atomic mass is 9.96. The van der Waals surface area contributed by atoms with Crippen LogP contribution in [0.3, 0.4) is 0 Å². The van der Waals surface area contributed by atoms with Gasteiger partial charge in [-0.3, -0.25) is 9.59 Å². The van der Waals surface area contributed by atoms with E-state index in [-0.39, 0.29) is 47.7 Å². The summed E-state index contributed by atoms with van der Waals surface area (Å²) in [5.41, 5.74) is 0.149. The lowest BCUT2D eigenvalue weighted by Crippen LogP contribution is -2.42. The third-order valence-electron chi connectivity index (χ3n) is 7.10. The van der Waals surface area contributed by atoms with E-state index in [4.69, 9.17) is 35.3 Å². The minimum absolute atomic E-state index is 0.0409. The Morgan fingerprint density at radius 3 is 2.53 bits per heavy atom. The topological polar surface area (TPSA) is 83.5 Å². The molecule has 1 aliphatic carbocycles. The van der Waals surface area contributed by atoms with Gasteiger partial charge in [-0.05, 0) is 50.6 Å². The molecule has 1 amide bonds. The molecule has 8 nitrogen and oxygen atoms in total. The highest BCUT2D eigenvalue weighted by molar-refractivity contribution is 6.33. The fraction of sp³-hybridized carbons (Fsp3) is 0.419. The molecule has 3 atom stereocenters. The molecule has 232 valence electrons. The standard InChI is InChI=1S/C31H33ClF3NO7/c1-5-41-24-9-7-8-21(28(24)32)29-22-14-19(31(33,34)35)11-13-23(22)36(30(38)26(43-29)16-27(37)42-6-2)17-18-10-12-20(39-3)15-25(18)40-4/h7-11,13-15,20,26,29H,5-6,12,16-17H2,1-4H3/t20?,26-,29-/m1/s1. The maximum Gasteiger partial charge on any atom is 0.416 e. The number of nitrogens with zero attached hydrogens (tertiary/aromatic N) is 1. The molecule has 0 fully saturated rings. The summed E-state index contributed by atoms with van der Waals surface area (Å²) in [6, 6.07) is 7.91. The van der Waals surface area contributed by atoms with Gasteiger partial charge in [0.15, 0.2) is 0 Å². The molecule has 0 saturated carbocycles. The van der Waals surface area contributed by atoms with Crippen LogP contribution in [-0.2, 0) is 34.7 Å². The highest BCUT2D eigenvalue weighted by atomic mass is 35.5. The second-order valence-corrected chi connectivity index (χ2v) is 10.2. The van der Waals surface area contributed by atoms with Gasteiger partial charge in [-0.2, -0.15) is 13.2 Å². The number of esters is 1. The number of rotatable bonds is 10. The maximum absolute atomic E-state index is 14.2. The van der Waals surface area contributed by atoms with Gasteiger partial charge in [-0.1, -0.05) is 29.8 Å². The van der Waals surface area contributed by atoms with Gasteiger partial charge in [0.2, 0.25) is 0 Å². The number of ether oxygens (including phenoxy) is 5. The van der Waals surface area contributed by atoms with E-state index in [1.807, 2.05) is 6.08 Å². The molecule has 12 heteroatoms. The molecule has 43 heavy (non-hydrogen) atoms. The van der Waals surface area contributed by atoms with Crippen molar-refractivity contribution in [3.63, 3.8) is 0 Å². The number of halogens is 4. The molecule has 2 aromatic carbocycles. The largest absolute Gasteiger partial charge is 0.497 e. The summed E-state index contributed by atoms with van der Waals surface area (Å²) in [6.45, 7) is 3.67. The first-order valence-electron chi connectivity index (χ1n) is 13.7. The molecule has 0 N–H and O–H groups in total. The molecule has 0 spiro atoms. The zero-order valence-corrected chi connectivity index (χ0v) is 25.0. The van der Waals surface area contributed by atoms with E-state index >= 15 is 0 Å². The minimum atomic E-state index is -4.69. The van der Waals surface area contributed by atoms with E-state index in [1.54, 1.807) is 45.2 Å². The van der Waals surface area contributed by atoms with Crippen molar-refractivity contribution in [1.82, 2.24) is 0 Å². The van der Waals surface area contributed by atoms with Crippen molar-refractivity contribution >= 4 is 29.2 Å².